The first kappa shape index (κ1) is 15.8. The van der Waals surface area contributed by atoms with E-state index < -0.39 is 17.4 Å². The van der Waals surface area contributed by atoms with E-state index in [4.69, 9.17) is 9.47 Å². The summed E-state index contributed by atoms with van der Waals surface area (Å²) in [5, 5.41) is 0. The molecule has 3 aliphatic heterocycles. The third kappa shape index (κ3) is 2.16. The standard InChI is InChI=1S/C18H18BrNO4/c1-2-9-23-17(22)14-13-7-8-18(24-13)10-20(16(21)15(14)18)12-6-4-3-5-11(12)19/h3-8,13-15H,2,9-10H2,1H3/t13-,14?,15-,18?/m1/s1. The average Bonchev–Trinajstić information content (AvgIpc) is 3.21. The van der Waals surface area contributed by atoms with Crippen molar-refractivity contribution < 1.29 is 19.1 Å². The van der Waals surface area contributed by atoms with Crippen molar-refractivity contribution in [3.8, 4) is 0 Å². The van der Waals surface area contributed by atoms with E-state index in [0.29, 0.717) is 13.2 Å². The Morgan fingerprint density at radius 1 is 1.46 bits per heavy atom. The van der Waals surface area contributed by atoms with Gasteiger partial charge in [-0.05, 0) is 34.5 Å². The molecule has 1 aromatic rings. The average molecular weight is 392 g/mol. The number of anilines is 1. The van der Waals surface area contributed by atoms with Gasteiger partial charge in [-0.2, -0.15) is 0 Å². The smallest absolute Gasteiger partial charge is 0.312 e. The maximum Gasteiger partial charge on any atom is 0.312 e. The van der Waals surface area contributed by atoms with Gasteiger partial charge >= 0.3 is 5.97 Å². The molecule has 126 valence electrons. The highest BCUT2D eigenvalue weighted by Crippen LogP contribution is 2.53. The van der Waals surface area contributed by atoms with Gasteiger partial charge in [0, 0.05) is 4.47 Å². The lowest BCUT2D eigenvalue weighted by Gasteiger charge is -2.22. The van der Waals surface area contributed by atoms with Crippen molar-refractivity contribution in [1.29, 1.82) is 0 Å². The van der Waals surface area contributed by atoms with E-state index in [-0.39, 0.29) is 18.0 Å². The Bertz CT molecular complexity index is 733. The molecule has 2 unspecified atom stereocenters. The molecule has 4 atom stereocenters. The van der Waals surface area contributed by atoms with E-state index >= 15 is 0 Å². The summed E-state index contributed by atoms with van der Waals surface area (Å²) >= 11 is 3.50. The van der Waals surface area contributed by atoms with Crippen LogP contribution in [0.1, 0.15) is 13.3 Å². The molecule has 1 aromatic carbocycles. The Kier molecular flexibility index (Phi) is 3.77. The lowest BCUT2D eigenvalue weighted by Crippen LogP contribution is -2.40. The number of carbonyl (C=O) groups is 2. The molecular formula is C18H18BrNO4. The number of hydrogen-bond acceptors (Lipinski definition) is 4. The van der Waals surface area contributed by atoms with Crippen LogP contribution in [0, 0.1) is 11.8 Å². The maximum atomic E-state index is 13.1. The molecule has 2 saturated heterocycles. The molecule has 2 bridgehead atoms. The minimum Gasteiger partial charge on any atom is -0.465 e. The lowest BCUT2D eigenvalue weighted by molar-refractivity contribution is -0.152. The lowest BCUT2D eigenvalue weighted by atomic mass is 9.77. The van der Waals surface area contributed by atoms with E-state index in [1.54, 1.807) is 4.90 Å². The Labute approximate surface area is 148 Å². The molecule has 3 aliphatic rings. The van der Waals surface area contributed by atoms with Gasteiger partial charge < -0.3 is 14.4 Å². The molecule has 0 radical (unpaired) electrons. The van der Waals surface area contributed by atoms with Gasteiger partial charge in [-0.25, -0.2) is 0 Å². The Hall–Kier alpha value is -1.66. The van der Waals surface area contributed by atoms with Crippen LogP contribution in [0.4, 0.5) is 5.69 Å². The summed E-state index contributed by atoms with van der Waals surface area (Å²) in [6, 6.07) is 7.58. The van der Waals surface area contributed by atoms with Crippen molar-refractivity contribution in [2.24, 2.45) is 11.8 Å². The molecule has 5 nitrogen and oxygen atoms in total. The van der Waals surface area contributed by atoms with Crippen molar-refractivity contribution in [2.45, 2.75) is 25.0 Å². The predicted molar refractivity (Wildman–Crippen MR) is 91.5 cm³/mol. The molecule has 6 heteroatoms. The molecule has 24 heavy (non-hydrogen) atoms. The number of benzene rings is 1. The van der Waals surface area contributed by atoms with Crippen molar-refractivity contribution in [3.63, 3.8) is 0 Å². The number of halogens is 1. The number of esters is 1. The zero-order valence-electron chi connectivity index (χ0n) is 13.3. The zero-order valence-corrected chi connectivity index (χ0v) is 14.9. The van der Waals surface area contributed by atoms with Gasteiger partial charge in [0.15, 0.2) is 0 Å². The summed E-state index contributed by atoms with van der Waals surface area (Å²) in [6.07, 6.45) is 4.24. The minimum absolute atomic E-state index is 0.0767. The largest absolute Gasteiger partial charge is 0.465 e. The Morgan fingerprint density at radius 3 is 3.00 bits per heavy atom. The summed E-state index contributed by atoms with van der Waals surface area (Å²) in [4.78, 5) is 27.3. The molecule has 0 saturated carbocycles. The van der Waals surface area contributed by atoms with Crippen LogP contribution in [0.15, 0.2) is 40.9 Å². The van der Waals surface area contributed by atoms with Crippen LogP contribution in [0.3, 0.4) is 0 Å². The fourth-order valence-electron chi connectivity index (χ4n) is 3.94. The Morgan fingerprint density at radius 2 is 2.25 bits per heavy atom. The van der Waals surface area contributed by atoms with E-state index in [0.717, 1.165) is 16.6 Å². The highest BCUT2D eigenvalue weighted by molar-refractivity contribution is 9.10. The van der Waals surface area contributed by atoms with Gasteiger partial charge in [0.1, 0.15) is 11.5 Å². The number of fused-ring (bicyclic) bond motifs is 1. The number of nitrogens with zero attached hydrogens (tertiary/aromatic N) is 1. The van der Waals surface area contributed by atoms with E-state index in [1.807, 2.05) is 43.3 Å². The number of para-hydroxylation sites is 1. The zero-order chi connectivity index (χ0) is 16.9. The van der Waals surface area contributed by atoms with Crippen LogP contribution in [-0.4, -0.2) is 36.7 Å². The molecule has 1 spiro atoms. The highest BCUT2D eigenvalue weighted by atomic mass is 79.9. The van der Waals surface area contributed by atoms with Crippen LogP contribution in [0.2, 0.25) is 0 Å². The third-order valence-electron chi connectivity index (χ3n) is 4.96. The minimum atomic E-state index is -0.715. The number of hydrogen-bond donors (Lipinski definition) is 0. The fourth-order valence-corrected chi connectivity index (χ4v) is 4.44. The quantitative estimate of drug-likeness (QED) is 0.584. The van der Waals surface area contributed by atoms with Crippen LogP contribution in [0.25, 0.3) is 0 Å². The molecule has 4 rings (SSSR count). The second-order valence-electron chi connectivity index (χ2n) is 6.44. The Balaban J connectivity index is 1.67. The first-order valence-corrected chi connectivity index (χ1v) is 8.96. The normalized spacial score (nSPS) is 33.2. The van der Waals surface area contributed by atoms with Gasteiger partial charge in [-0.3, -0.25) is 9.59 Å². The molecule has 0 aromatic heterocycles. The van der Waals surface area contributed by atoms with Gasteiger partial charge in [0.25, 0.3) is 0 Å². The topological polar surface area (TPSA) is 55.8 Å². The SMILES string of the molecule is CCCOC(=O)C1[C@H]2C=CC3(CN(c4ccccc4Br)C(=O)[C@@H]13)O2. The number of carbonyl (C=O) groups excluding carboxylic acids is 2. The summed E-state index contributed by atoms with van der Waals surface area (Å²) in [5.41, 5.74) is 0.0832. The maximum absolute atomic E-state index is 13.1. The van der Waals surface area contributed by atoms with Crippen LogP contribution in [0.5, 0.6) is 0 Å². The highest BCUT2D eigenvalue weighted by Gasteiger charge is 2.67. The molecule has 1 amide bonds. The summed E-state index contributed by atoms with van der Waals surface area (Å²) in [7, 11) is 0. The molecule has 0 N–H and O–H groups in total. The summed E-state index contributed by atoms with van der Waals surface area (Å²) < 4.78 is 12.2. The van der Waals surface area contributed by atoms with Crippen molar-refractivity contribution in [3.05, 3.63) is 40.9 Å². The molecular weight excluding hydrogens is 374 g/mol. The van der Waals surface area contributed by atoms with Crippen molar-refractivity contribution >= 4 is 33.5 Å². The monoisotopic (exact) mass is 391 g/mol. The van der Waals surface area contributed by atoms with Crippen LogP contribution < -0.4 is 4.90 Å². The molecule has 0 aliphatic carbocycles. The van der Waals surface area contributed by atoms with Crippen molar-refractivity contribution in [2.75, 3.05) is 18.1 Å². The second-order valence-corrected chi connectivity index (χ2v) is 7.30. The summed E-state index contributed by atoms with van der Waals surface area (Å²) in [5.74, 6) is -1.47. The van der Waals surface area contributed by atoms with Gasteiger partial charge in [-0.15, -0.1) is 0 Å². The predicted octanol–water partition coefficient (Wildman–Crippen LogP) is 2.69. The number of rotatable bonds is 4. The fraction of sp³-hybridized carbons (Fsp3) is 0.444. The summed E-state index contributed by atoms with van der Waals surface area (Å²) in [6.45, 7) is 2.73. The number of ether oxygens (including phenoxy) is 2. The second kappa shape index (κ2) is 5.70. The van der Waals surface area contributed by atoms with Crippen LogP contribution >= 0.6 is 15.9 Å². The molecule has 3 heterocycles. The van der Waals surface area contributed by atoms with Gasteiger partial charge in [0.2, 0.25) is 5.91 Å². The van der Waals surface area contributed by atoms with E-state index in [9.17, 15) is 9.59 Å². The van der Waals surface area contributed by atoms with Crippen LogP contribution in [-0.2, 0) is 19.1 Å². The van der Waals surface area contributed by atoms with E-state index in [1.165, 1.54) is 0 Å². The third-order valence-corrected chi connectivity index (χ3v) is 5.63. The van der Waals surface area contributed by atoms with E-state index in [2.05, 4.69) is 15.9 Å². The van der Waals surface area contributed by atoms with Crippen molar-refractivity contribution in [1.82, 2.24) is 0 Å². The number of amides is 1. The molecule has 2 fully saturated rings. The first-order chi connectivity index (χ1) is 11.6. The first-order valence-electron chi connectivity index (χ1n) is 8.17. The van der Waals surface area contributed by atoms with Gasteiger partial charge in [0.05, 0.1) is 30.9 Å². The van der Waals surface area contributed by atoms with Gasteiger partial charge in [-0.1, -0.05) is 31.2 Å².